The van der Waals surface area contributed by atoms with E-state index in [-0.39, 0.29) is 12.5 Å². The van der Waals surface area contributed by atoms with Crippen LogP contribution in [0.25, 0.3) is 0 Å². The fraction of sp³-hybridized carbons (Fsp3) is 0.947. The Kier molecular flexibility index (Phi) is 12.9. The highest BCUT2D eigenvalue weighted by Gasteiger charge is 2.48. The number of hydrogen-bond acceptors (Lipinski definition) is 6. The molecule has 0 amide bonds. The van der Waals surface area contributed by atoms with E-state index in [0.717, 1.165) is 18.9 Å². The van der Waals surface area contributed by atoms with Crippen molar-refractivity contribution in [2.75, 3.05) is 33.9 Å². The van der Waals surface area contributed by atoms with Gasteiger partial charge >= 0.3 is 14.8 Å². The molecule has 8 heteroatoms. The minimum atomic E-state index is -2.57. The zero-order valence-corrected chi connectivity index (χ0v) is 21.0. The molecule has 0 saturated heterocycles. The number of carbonyl (C=O) groups excluding carboxylic acids is 1. The van der Waals surface area contributed by atoms with Crippen LogP contribution in [-0.2, 0) is 22.5 Å². The van der Waals surface area contributed by atoms with E-state index in [1.165, 1.54) is 0 Å². The molecule has 0 unspecified atom stereocenters. The van der Waals surface area contributed by atoms with E-state index in [9.17, 15) is 4.79 Å². The van der Waals surface area contributed by atoms with Crippen molar-refractivity contribution in [2.45, 2.75) is 84.0 Å². The molecule has 0 rings (SSSR count). The molecule has 6 nitrogen and oxygen atoms in total. The van der Waals surface area contributed by atoms with Gasteiger partial charge in [-0.3, -0.25) is 4.79 Å². The molecule has 1 N–H and O–H groups in total. The Morgan fingerprint density at radius 2 is 1.48 bits per heavy atom. The average Bonchev–Trinajstić information content (AvgIpc) is 2.61. The van der Waals surface area contributed by atoms with E-state index < -0.39 is 17.1 Å². The lowest BCUT2D eigenvalue weighted by Crippen LogP contribution is -2.50. The topological polar surface area (TPSA) is 66.0 Å². The molecular formula is C19H43NO5Si2. The summed E-state index contributed by atoms with van der Waals surface area (Å²) in [7, 11) is -1.45. The minimum absolute atomic E-state index is 0.137. The molecule has 0 aliphatic heterocycles. The summed E-state index contributed by atoms with van der Waals surface area (Å²) in [5, 5.41) is 3.20. The third kappa shape index (κ3) is 7.94. The summed E-state index contributed by atoms with van der Waals surface area (Å²) in [4.78, 5) is 12.5. The van der Waals surface area contributed by atoms with E-state index in [1.54, 1.807) is 14.2 Å². The predicted molar refractivity (Wildman–Crippen MR) is 115 cm³/mol. The zero-order chi connectivity index (χ0) is 21.1. The Hall–Kier alpha value is -0.256. The van der Waals surface area contributed by atoms with Crippen LogP contribution in [0.3, 0.4) is 0 Å². The van der Waals surface area contributed by atoms with Gasteiger partial charge in [-0.1, -0.05) is 48.5 Å². The maximum absolute atomic E-state index is 12.5. The average molecular weight is 422 g/mol. The van der Waals surface area contributed by atoms with Gasteiger partial charge in [0.25, 0.3) is 8.32 Å². The normalized spacial score (nSPS) is 13.0. The molecule has 0 atom stereocenters. The molecule has 0 saturated carbocycles. The van der Waals surface area contributed by atoms with Crippen LogP contribution in [0.15, 0.2) is 0 Å². The van der Waals surface area contributed by atoms with Gasteiger partial charge in [0, 0.05) is 26.9 Å². The van der Waals surface area contributed by atoms with Gasteiger partial charge in [-0.15, -0.1) is 0 Å². The third-order valence-electron chi connectivity index (χ3n) is 5.25. The molecule has 0 heterocycles. The van der Waals surface area contributed by atoms with Gasteiger partial charge in [-0.2, -0.15) is 0 Å². The van der Waals surface area contributed by atoms with E-state index >= 15 is 0 Å². The van der Waals surface area contributed by atoms with Crippen LogP contribution in [0.2, 0.25) is 22.7 Å². The fourth-order valence-electron chi connectivity index (χ4n) is 3.94. The van der Waals surface area contributed by atoms with Crippen LogP contribution in [0.1, 0.15) is 61.3 Å². The predicted octanol–water partition coefficient (Wildman–Crippen LogP) is 4.34. The van der Waals surface area contributed by atoms with Crippen molar-refractivity contribution >= 4 is 23.1 Å². The number of hydrogen-bond donors (Lipinski definition) is 1. The van der Waals surface area contributed by atoms with Gasteiger partial charge in [0.1, 0.15) is 0 Å². The van der Waals surface area contributed by atoms with Crippen LogP contribution in [0, 0.1) is 0 Å². The largest absolute Gasteiger partial charge is 0.517 e. The van der Waals surface area contributed by atoms with Gasteiger partial charge < -0.3 is 23.0 Å². The first-order chi connectivity index (χ1) is 12.6. The van der Waals surface area contributed by atoms with Crippen LogP contribution >= 0.6 is 0 Å². The second-order valence-electron chi connectivity index (χ2n) is 8.01. The Balaban J connectivity index is 4.51. The molecular weight excluding hydrogens is 378 g/mol. The van der Waals surface area contributed by atoms with Crippen LogP contribution in [0.4, 0.5) is 0 Å². The Labute approximate surface area is 169 Å². The van der Waals surface area contributed by atoms with Crippen molar-refractivity contribution in [1.82, 2.24) is 5.32 Å². The molecule has 27 heavy (non-hydrogen) atoms. The quantitative estimate of drug-likeness (QED) is 0.313. The Morgan fingerprint density at radius 1 is 0.963 bits per heavy atom. The van der Waals surface area contributed by atoms with E-state index in [0.29, 0.717) is 29.8 Å². The summed E-state index contributed by atoms with van der Waals surface area (Å²) in [5.74, 6) is -0.137. The summed E-state index contributed by atoms with van der Waals surface area (Å²) in [5.41, 5.74) is 1.19. The molecule has 0 aliphatic rings. The zero-order valence-electron chi connectivity index (χ0n) is 19.0. The second kappa shape index (κ2) is 13.1. The highest BCUT2D eigenvalue weighted by atomic mass is 28.4. The first-order valence-corrected chi connectivity index (χ1v) is 14.4. The summed E-state index contributed by atoms with van der Waals surface area (Å²) >= 11 is 0. The highest BCUT2D eigenvalue weighted by Crippen LogP contribution is 2.42. The van der Waals surface area contributed by atoms with E-state index in [1.807, 2.05) is 0 Å². The molecule has 0 spiro atoms. The first kappa shape index (κ1) is 26.7. The fourth-order valence-corrected chi connectivity index (χ4v) is 11.2. The molecule has 0 bridgehead atoms. The highest BCUT2D eigenvalue weighted by molar-refractivity contribution is 6.78. The minimum Gasteiger partial charge on any atom is -0.517 e. The summed E-state index contributed by atoms with van der Waals surface area (Å²) in [6.07, 6.45) is 1.75. The van der Waals surface area contributed by atoms with Crippen LogP contribution < -0.4 is 5.32 Å². The van der Waals surface area contributed by atoms with Gasteiger partial charge in [-0.05, 0) is 36.0 Å². The molecule has 0 radical (unpaired) electrons. The third-order valence-corrected chi connectivity index (χ3v) is 14.1. The van der Waals surface area contributed by atoms with Crippen molar-refractivity contribution in [3.8, 4) is 0 Å². The smallest absolute Gasteiger partial charge is 0.500 e. The van der Waals surface area contributed by atoms with Crippen molar-refractivity contribution in [3.63, 3.8) is 0 Å². The monoisotopic (exact) mass is 421 g/mol. The summed E-state index contributed by atoms with van der Waals surface area (Å²) < 4.78 is 23.1. The molecule has 0 fully saturated rings. The number of nitrogens with one attached hydrogen (secondary N) is 1. The Bertz CT molecular complexity index is 393. The second-order valence-corrected chi connectivity index (χ2v) is 16.4. The number of carbonyl (C=O) groups is 1. The molecule has 162 valence electrons. The van der Waals surface area contributed by atoms with E-state index in [2.05, 4.69) is 53.8 Å². The van der Waals surface area contributed by atoms with Gasteiger partial charge in [0.05, 0.1) is 6.54 Å². The van der Waals surface area contributed by atoms with Crippen molar-refractivity contribution < 1.29 is 22.5 Å². The SMILES string of the molecule is CCCO[Si](CCCNCC(=O)O[Si](C(C)C)(C(C)C)C(C)C)(OC)OC. The van der Waals surface area contributed by atoms with Crippen LogP contribution in [-0.4, -0.2) is 57.0 Å². The summed E-state index contributed by atoms with van der Waals surface area (Å²) in [6.45, 7) is 16.7. The van der Waals surface area contributed by atoms with Gasteiger partial charge in [-0.25, -0.2) is 0 Å². The lowest BCUT2D eigenvalue weighted by atomic mass is 10.5. The molecule has 0 aromatic heterocycles. The number of rotatable bonds is 15. The summed E-state index contributed by atoms with van der Waals surface area (Å²) in [6, 6.07) is 0.727. The molecule has 0 aromatic rings. The lowest BCUT2D eigenvalue weighted by molar-refractivity contribution is -0.134. The maximum Gasteiger partial charge on any atom is 0.500 e. The van der Waals surface area contributed by atoms with Crippen molar-refractivity contribution in [3.05, 3.63) is 0 Å². The first-order valence-electron chi connectivity index (χ1n) is 10.3. The maximum atomic E-state index is 12.5. The van der Waals surface area contributed by atoms with Crippen molar-refractivity contribution in [2.24, 2.45) is 0 Å². The van der Waals surface area contributed by atoms with Gasteiger partial charge in [0.2, 0.25) is 0 Å². The van der Waals surface area contributed by atoms with Gasteiger partial charge in [0.15, 0.2) is 0 Å². The molecule has 0 aromatic carbocycles. The lowest BCUT2D eigenvalue weighted by Gasteiger charge is -2.41. The standard InChI is InChI=1S/C19H43NO5Si2/c1-10-13-24-26(22-8,23-9)14-11-12-20-15-19(21)25-27(16(2)3,17(4)5)18(6)7/h16-18,20H,10-15H2,1-9H3. The van der Waals surface area contributed by atoms with Crippen LogP contribution in [0.5, 0.6) is 0 Å². The molecule has 0 aliphatic carbocycles. The van der Waals surface area contributed by atoms with E-state index in [4.69, 9.17) is 17.7 Å². The Morgan fingerprint density at radius 3 is 1.89 bits per heavy atom. The van der Waals surface area contributed by atoms with Crippen molar-refractivity contribution in [1.29, 1.82) is 0 Å².